The van der Waals surface area contributed by atoms with E-state index in [4.69, 9.17) is 21.3 Å². The van der Waals surface area contributed by atoms with E-state index < -0.39 is 0 Å². The number of anilines is 1. The molecule has 1 fully saturated rings. The van der Waals surface area contributed by atoms with Gasteiger partial charge < -0.3 is 15.0 Å². The number of rotatable bonds is 5. The van der Waals surface area contributed by atoms with Crippen molar-refractivity contribution in [3.63, 3.8) is 0 Å². The van der Waals surface area contributed by atoms with Crippen LogP contribution in [0, 0.1) is 6.92 Å². The number of hydrogen-bond donors (Lipinski definition) is 1. The van der Waals surface area contributed by atoms with Gasteiger partial charge in [-0.3, -0.25) is 4.79 Å². The predicted molar refractivity (Wildman–Crippen MR) is 132 cm³/mol. The maximum Gasteiger partial charge on any atom is 0.253 e. The van der Waals surface area contributed by atoms with Crippen molar-refractivity contribution in [3.8, 4) is 11.4 Å². The van der Waals surface area contributed by atoms with E-state index >= 15 is 0 Å². The number of aromatic nitrogens is 3. The summed E-state index contributed by atoms with van der Waals surface area (Å²) in [4.78, 5) is 19.8. The van der Waals surface area contributed by atoms with Crippen molar-refractivity contribution in [2.45, 2.75) is 25.8 Å². The highest BCUT2D eigenvalue weighted by Gasteiger charge is 2.25. The smallest absolute Gasteiger partial charge is 0.253 e. The summed E-state index contributed by atoms with van der Waals surface area (Å²) in [6.45, 7) is 3.68. The van der Waals surface area contributed by atoms with Crippen molar-refractivity contribution in [3.05, 3.63) is 64.8 Å². The lowest BCUT2D eigenvalue weighted by Crippen LogP contribution is -2.44. The first-order valence-electron chi connectivity index (χ1n) is 10.8. The summed E-state index contributed by atoms with van der Waals surface area (Å²) >= 11 is 7.83. The number of halogens is 1. The van der Waals surface area contributed by atoms with Crippen LogP contribution in [-0.4, -0.2) is 46.9 Å². The molecule has 170 valence electrons. The number of amides is 1. The number of thiazole rings is 1. The standard InChI is InChI=1S/C24H24ClN5O2S/c1-15-21-22(30(28-15)17-7-9-18(32-2)10-8-17)27-24(33-21)29-13-11-16(12-14-29)26-23(31)19-5-3-4-6-20(19)25/h3-10,16H,11-14H2,1-2H3,(H,26,31). The molecule has 4 aromatic rings. The maximum absolute atomic E-state index is 12.6. The first-order valence-corrected chi connectivity index (χ1v) is 12.0. The molecular formula is C24H24ClN5O2S. The van der Waals surface area contributed by atoms with Crippen LogP contribution >= 0.6 is 22.9 Å². The summed E-state index contributed by atoms with van der Waals surface area (Å²) in [6, 6.07) is 15.1. The van der Waals surface area contributed by atoms with Crippen LogP contribution in [-0.2, 0) is 0 Å². The monoisotopic (exact) mass is 481 g/mol. The highest BCUT2D eigenvalue weighted by molar-refractivity contribution is 7.22. The van der Waals surface area contributed by atoms with Gasteiger partial charge in [0.15, 0.2) is 10.8 Å². The summed E-state index contributed by atoms with van der Waals surface area (Å²) < 4.78 is 8.24. The molecule has 1 aliphatic rings. The molecule has 5 rings (SSSR count). The Bertz CT molecular complexity index is 1290. The van der Waals surface area contributed by atoms with Gasteiger partial charge in [-0.25, -0.2) is 4.68 Å². The fraction of sp³-hybridized carbons (Fsp3) is 0.292. The van der Waals surface area contributed by atoms with Crippen LogP contribution in [0.4, 0.5) is 5.13 Å². The summed E-state index contributed by atoms with van der Waals surface area (Å²) in [5, 5.41) is 9.28. The molecule has 1 aliphatic heterocycles. The summed E-state index contributed by atoms with van der Waals surface area (Å²) in [6.07, 6.45) is 1.71. The van der Waals surface area contributed by atoms with Crippen LogP contribution in [0.5, 0.6) is 5.75 Å². The van der Waals surface area contributed by atoms with Crippen LogP contribution in [0.1, 0.15) is 28.9 Å². The van der Waals surface area contributed by atoms with Gasteiger partial charge in [0, 0.05) is 19.1 Å². The Balaban J connectivity index is 1.29. The molecule has 33 heavy (non-hydrogen) atoms. The number of carbonyl (C=O) groups is 1. The van der Waals surface area contributed by atoms with Gasteiger partial charge in [-0.15, -0.1) is 0 Å². The first kappa shape index (κ1) is 21.7. The first-order chi connectivity index (χ1) is 16.0. The van der Waals surface area contributed by atoms with Gasteiger partial charge in [0.2, 0.25) is 0 Å². The van der Waals surface area contributed by atoms with Crippen LogP contribution in [0.3, 0.4) is 0 Å². The number of fused-ring (bicyclic) bond motifs is 1. The van der Waals surface area contributed by atoms with Gasteiger partial charge in [0.25, 0.3) is 5.91 Å². The molecule has 0 aliphatic carbocycles. The number of methoxy groups -OCH3 is 1. The predicted octanol–water partition coefficient (Wildman–Crippen LogP) is 4.85. The van der Waals surface area contributed by atoms with Gasteiger partial charge in [0.1, 0.15) is 5.75 Å². The third kappa shape index (κ3) is 4.28. The Morgan fingerprint density at radius 1 is 1.15 bits per heavy atom. The Hall–Kier alpha value is -3.10. The van der Waals surface area contributed by atoms with E-state index in [0.717, 1.165) is 58.5 Å². The second-order valence-corrected chi connectivity index (χ2v) is 9.44. The van der Waals surface area contributed by atoms with E-state index in [9.17, 15) is 4.79 Å². The van der Waals surface area contributed by atoms with Crippen molar-refractivity contribution in [2.24, 2.45) is 0 Å². The van der Waals surface area contributed by atoms with Crippen molar-refractivity contribution < 1.29 is 9.53 Å². The SMILES string of the molecule is COc1ccc(-n2nc(C)c3sc(N4CCC(NC(=O)c5ccccc5Cl)CC4)nc32)cc1. The zero-order valence-corrected chi connectivity index (χ0v) is 20.0. The molecule has 9 heteroatoms. The van der Waals surface area contributed by atoms with Crippen LogP contribution in [0.25, 0.3) is 16.0 Å². The van der Waals surface area contributed by atoms with Crippen molar-refractivity contribution >= 4 is 44.3 Å². The molecule has 0 radical (unpaired) electrons. The fourth-order valence-corrected chi connectivity index (χ4v) is 5.35. The van der Waals surface area contributed by atoms with E-state index in [-0.39, 0.29) is 11.9 Å². The fourth-order valence-electron chi connectivity index (χ4n) is 4.09. The molecule has 3 heterocycles. The lowest BCUT2D eigenvalue weighted by atomic mass is 10.0. The summed E-state index contributed by atoms with van der Waals surface area (Å²) in [5.74, 6) is 0.691. The topological polar surface area (TPSA) is 72.3 Å². The van der Waals surface area contributed by atoms with Crippen molar-refractivity contribution in [1.29, 1.82) is 0 Å². The zero-order chi connectivity index (χ0) is 22.9. The second kappa shape index (κ2) is 9.03. The van der Waals surface area contributed by atoms with E-state index in [1.807, 2.05) is 48.0 Å². The minimum absolute atomic E-state index is 0.116. The molecule has 0 atom stereocenters. The number of nitrogens with one attached hydrogen (secondary N) is 1. The van der Waals surface area contributed by atoms with Gasteiger partial charge in [0.05, 0.1) is 33.8 Å². The molecule has 0 bridgehead atoms. The third-order valence-corrected chi connectivity index (χ3v) is 7.46. The van der Waals surface area contributed by atoms with Gasteiger partial charge >= 0.3 is 0 Å². The Kier molecular flexibility index (Phi) is 5.95. The number of aryl methyl sites for hydroxylation is 1. The second-order valence-electron chi connectivity index (χ2n) is 8.06. The highest BCUT2D eigenvalue weighted by atomic mass is 35.5. The summed E-state index contributed by atoms with van der Waals surface area (Å²) in [7, 11) is 1.66. The number of carbonyl (C=O) groups excluding carboxylic acids is 1. The van der Waals surface area contributed by atoms with Crippen molar-refractivity contribution in [2.75, 3.05) is 25.1 Å². The van der Waals surface area contributed by atoms with Crippen molar-refractivity contribution in [1.82, 2.24) is 20.1 Å². The summed E-state index contributed by atoms with van der Waals surface area (Å²) in [5.41, 5.74) is 3.30. The average molecular weight is 482 g/mol. The van der Waals surface area contributed by atoms with E-state index in [2.05, 4.69) is 15.3 Å². The molecule has 0 unspecified atom stereocenters. The van der Waals surface area contributed by atoms with Gasteiger partial charge in [-0.05, 0) is 56.2 Å². The zero-order valence-electron chi connectivity index (χ0n) is 18.4. The molecule has 1 amide bonds. The average Bonchev–Trinajstić information content (AvgIpc) is 3.40. The molecule has 0 saturated carbocycles. The van der Waals surface area contributed by atoms with Crippen LogP contribution < -0.4 is 15.0 Å². The number of piperidine rings is 1. The number of ether oxygens (including phenoxy) is 1. The van der Waals surface area contributed by atoms with Gasteiger partial charge in [-0.2, -0.15) is 10.1 Å². The van der Waals surface area contributed by atoms with Crippen LogP contribution in [0.15, 0.2) is 48.5 Å². The molecular weight excluding hydrogens is 458 g/mol. The minimum Gasteiger partial charge on any atom is -0.497 e. The van der Waals surface area contributed by atoms with Crippen LogP contribution in [0.2, 0.25) is 5.02 Å². The number of benzene rings is 2. The van der Waals surface area contributed by atoms with E-state index in [0.29, 0.717) is 10.6 Å². The molecule has 0 spiro atoms. The molecule has 2 aromatic carbocycles. The van der Waals surface area contributed by atoms with E-state index in [1.165, 1.54) is 0 Å². The highest BCUT2D eigenvalue weighted by Crippen LogP contribution is 2.34. The largest absolute Gasteiger partial charge is 0.497 e. The lowest BCUT2D eigenvalue weighted by molar-refractivity contribution is 0.0931. The number of hydrogen-bond acceptors (Lipinski definition) is 6. The molecule has 1 saturated heterocycles. The van der Waals surface area contributed by atoms with E-state index in [1.54, 1.807) is 30.6 Å². The maximum atomic E-state index is 12.6. The quantitative estimate of drug-likeness (QED) is 0.441. The number of nitrogens with zero attached hydrogens (tertiary/aromatic N) is 4. The molecule has 7 nitrogen and oxygen atoms in total. The molecule has 2 aromatic heterocycles. The minimum atomic E-state index is -0.116. The third-order valence-electron chi connectivity index (χ3n) is 5.91. The Morgan fingerprint density at radius 3 is 2.58 bits per heavy atom. The Morgan fingerprint density at radius 2 is 1.88 bits per heavy atom. The lowest BCUT2D eigenvalue weighted by Gasteiger charge is -2.32. The van der Waals surface area contributed by atoms with Gasteiger partial charge in [-0.1, -0.05) is 35.1 Å². The normalized spacial score (nSPS) is 14.6. The molecule has 1 N–H and O–H groups in total. The Labute approximate surface area is 200 Å².